The van der Waals surface area contributed by atoms with E-state index in [4.69, 9.17) is 9.47 Å². The van der Waals surface area contributed by atoms with E-state index in [1.54, 1.807) is 32.0 Å². The van der Waals surface area contributed by atoms with Crippen molar-refractivity contribution in [2.45, 2.75) is 30.4 Å². The van der Waals surface area contributed by atoms with Crippen LogP contribution in [0.25, 0.3) is 0 Å². The molecule has 1 atom stereocenters. The molecule has 0 unspecified atom stereocenters. The SMILES string of the molecule is CCOC(=O)C[C@@H](C(=O)OCC)S(=O)(=O)c1ccccc1. The molecule has 1 rings (SSSR count). The molecule has 0 bridgehead atoms. The van der Waals surface area contributed by atoms with E-state index in [2.05, 4.69) is 0 Å². The summed E-state index contributed by atoms with van der Waals surface area (Å²) in [5.41, 5.74) is 0. The van der Waals surface area contributed by atoms with Gasteiger partial charge in [-0.1, -0.05) is 18.2 Å². The highest BCUT2D eigenvalue weighted by molar-refractivity contribution is 7.92. The second-order valence-electron chi connectivity index (χ2n) is 4.11. The Hall–Kier alpha value is -1.89. The minimum absolute atomic E-state index is 0.0302. The summed E-state index contributed by atoms with van der Waals surface area (Å²) in [4.78, 5) is 23.4. The first kappa shape index (κ1) is 17.2. The highest BCUT2D eigenvalue weighted by atomic mass is 32.2. The van der Waals surface area contributed by atoms with E-state index in [0.717, 1.165) is 0 Å². The lowest BCUT2D eigenvalue weighted by Crippen LogP contribution is -2.35. The minimum Gasteiger partial charge on any atom is -0.466 e. The number of ether oxygens (including phenoxy) is 2. The number of hydrogen-bond donors (Lipinski definition) is 0. The third-order valence-corrected chi connectivity index (χ3v) is 4.69. The van der Waals surface area contributed by atoms with Crippen LogP contribution in [0.3, 0.4) is 0 Å². The van der Waals surface area contributed by atoms with Gasteiger partial charge in [0.15, 0.2) is 15.1 Å². The fraction of sp³-hybridized carbons (Fsp3) is 0.429. The van der Waals surface area contributed by atoms with Crippen LogP contribution in [0, 0.1) is 0 Å². The van der Waals surface area contributed by atoms with E-state index < -0.39 is 33.4 Å². The van der Waals surface area contributed by atoms with Crippen molar-refractivity contribution in [2.24, 2.45) is 0 Å². The van der Waals surface area contributed by atoms with E-state index in [-0.39, 0.29) is 18.1 Å². The molecule has 0 aliphatic rings. The van der Waals surface area contributed by atoms with Crippen LogP contribution in [0.2, 0.25) is 0 Å². The quantitative estimate of drug-likeness (QED) is 0.706. The van der Waals surface area contributed by atoms with Gasteiger partial charge >= 0.3 is 11.9 Å². The van der Waals surface area contributed by atoms with Crippen molar-refractivity contribution in [2.75, 3.05) is 13.2 Å². The van der Waals surface area contributed by atoms with E-state index in [1.807, 2.05) is 0 Å². The summed E-state index contributed by atoms with van der Waals surface area (Å²) in [5.74, 6) is -1.70. The molecule has 0 heterocycles. The largest absolute Gasteiger partial charge is 0.466 e. The monoisotopic (exact) mass is 314 g/mol. The normalized spacial score (nSPS) is 12.5. The Bertz CT molecular complexity index is 579. The molecule has 7 heteroatoms. The van der Waals surface area contributed by atoms with Gasteiger partial charge in [0.05, 0.1) is 24.5 Å². The van der Waals surface area contributed by atoms with Gasteiger partial charge in [-0.25, -0.2) is 8.42 Å². The van der Waals surface area contributed by atoms with Gasteiger partial charge in [-0.3, -0.25) is 9.59 Å². The number of sulfone groups is 1. The molecule has 0 fully saturated rings. The lowest BCUT2D eigenvalue weighted by atomic mass is 10.3. The van der Waals surface area contributed by atoms with Crippen molar-refractivity contribution >= 4 is 21.8 Å². The number of esters is 2. The lowest BCUT2D eigenvalue weighted by Gasteiger charge is -2.15. The Kier molecular flexibility index (Phi) is 6.36. The summed E-state index contributed by atoms with van der Waals surface area (Å²) < 4.78 is 34.4. The fourth-order valence-corrected chi connectivity index (χ4v) is 3.24. The fourth-order valence-electron chi connectivity index (χ4n) is 1.70. The molecule has 0 spiro atoms. The Morgan fingerprint density at radius 2 is 1.62 bits per heavy atom. The van der Waals surface area contributed by atoms with Gasteiger partial charge in [-0.15, -0.1) is 0 Å². The van der Waals surface area contributed by atoms with Crippen LogP contribution in [-0.4, -0.2) is 38.8 Å². The zero-order valence-electron chi connectivity index (χ0n) is 11.9. The molecule has 0 aliphatic carbocycles. The van der Waals surface area contributed by atoms with Gasteiger partial charge in [-0.05, 0) is 26.0 Å². The highest BCUT2D eigenvalue weighted by Crippen LogP contribution is 2.20. The molecule has 116 valence electrons. The maximum absolute atomic E-state index is 12.5. The van der Waals surface area contributed by atoms with E-state index in [0.29, 0.717) is 0 Å². The molecule has 0 aliphatic heterocycles. The molecular formula is C14H18O6S. The van der Waals surface area contributed by atoms with Crippen molar-refractivity contribution in [1.82, 2.24) is 0 Å². The van der Waals surface area contributed by atoms with Crippen LogP contribution in [0.4, 0.5) is 0 Å². The average Bonchev–Trinajstić information content (AvgIpc) is 2.46. The van der Waals surface area contributed by atoms with Crippen LogP contribution in [0.15, 0.2) is 35.2 Å². The Morgan fingerprint density at radius 1 is 1.05 bits per heavy atom. The number of benzene rings is 1. The van der Waals surface area contributed by atoms with E-state index in [1.165, 1.54) is 12.1 Å². The van der Waals surface area contributed by atoms with Gasteiger partial charge < -0.3 is 9.47 Å². The first-order chi connectivity index (χ1) is 9.93. The third-order valence-electron chi connectivity index (χ3n) is 2.65. The predicted molar refractivity (Wildman–Crippen MR) is 75.3 cm³/mol. The second kappa shape index (κ2) is 7.78. The molecule has 0 N–H and O–H groups in total. The van der Waals surface area contributed by atoms with Crippen LogP contribution < -0.4 is 0 Å². The Balaban J connectivity index is 3.11. The topological polar surface area (TPSA) is 86.7 Å². The Morgan fingerprint density at radius 3 is 2.14 bits per heavy atom. The van der Waals surface area contributed by atoms with Gasteiger partial charge in [0.2, 0.25) is 0 Å². The standard InChI is InChI=1S/C14H18O6S/c1-3-19-13(15)10-12(14(16)20-4-2)21(17,18)11-8-6-5-7-9-11/h5-9,12H,3-4,10H2,1-2H3/t12-/m0/s1. The van der Waals surface area contributed by atoms with Crippen molar-refractivity contribution in [3.63, 3.8) is 0 Å². The highest BCUT2D eigenvalue weighted by Gasteiger charge is 2.37. The van der Waals surface area contributed by atoms with E-state index in [9.17, 15) is 18.0 Å². The summed E-state index contributed by atoms with van der Waals surface area (Å²) in [6, 6.07) is 7.47. The average molecular weight is 314 g/mol. The van der Waals surface area contributed by atoms with Crippen molar-refractivity contribution in [1.29, 1.82) is 0 Å². The molecule has 0 radical (unpaired) electrons. The van der Waals surface area contributed by atoms with Gasteiger partial charge in [-0.2, -0.15) is 0 Å². The number of hydrogen-bond acceptors (Lipinski definition) is 6. The van der Waals surface area contributed by atoms with Crippen LogP contribution in [0.1, 0.15) is 20.3 Å². The first-order valence-corrected chi connectivity index (χ1v) is 8.09. The lowest BCUT2D eigenvalue weighted by molar-refractivity contribution is -0.149. The van der Waals surface area contributed by atoms with Crippen LogP contribution in [-0.2, 0) is 28.9 Å². The third kappa shape index (κ3) is 4.56. The molecule has 21 heavy (non-hydrogen) atoms. The summed E-state index contributed by atoms with van der Waals surface area (Å²) in [6.07, 6.45) is -0.566. The Labute approximate surface area is 124 Å². The smallest absolute Gasteiger partial charge is 0.325 e. The summed E-state index contributed by atoms with van der Waals surface area (Å²) in [6.45, 7) is 3.31. The van der Waals surface area contributed by atoms with Crippen LogP contribution >= 0.6 is 0 Å². The van der Waals surface area contributed by atoms with E-state index >= 15 is 0 Å². The zero-order chi connectivity index (χ0) is 15.9. The zero-order valence-corrected chi connectivity index (χ0v) is 12.8. The molecule has 0 aromatic heterocycles. The molecule has 1 aromatic rings. The maximum Gasteiger partial charge on any atom is 0.325 e. The number of carbonyl (C=O) groups is 2. The van der Waals surface area contributed by atoms with Crippen molar-refractivity contribution in [3.8, 4) is 0 Å². The minimum atomic E-state index is -4.01. The van der Waals surface area contributed by atoms with Crippen molar-refractivity contribution in [3.05, 3.63) is 30.3 Å². The summed E-state index contributed by atoms with van der Waals surface area (Å²) in [5, 5.41) is -1.60. The van der Waals surface area contributed by atoms with Crippen LogP contribution in [0.5, 0.6) is 0 Å². The molecule has 6 nitrogen and oxygen atoms in total. The maximum atomic E-state index is 12.5. The number of carbonyl (C=O) groups excluding carboxylic acids is 2. The van der Waals surface area contributed by atoms with Gasteiger partial charge in [0, 0.05) is 0 Å². The molecule has 0 amide bonds. The van der Waals surface area contributed by atoms with Crippen molar-refractivity contribution < 1.29 is 27.5 Å². The molecule has 0 saturated carbocycles. The first-order valence-electron chi connectivity index (χ1n) is 6.54. The molecule has 1 aromatic carbocycles. The molecular weight excluding hydrogens is 296 g/mol. The summed E-state index contributed by atoms with van der Waals surface area (Å²) in [7, 11) is -4.01. The van der Waals surface area contributed by atoms with Gasteiger partial charge in [0.1, 0.15) is 0 Å². The predicted octanol–water partition coefficient (Wildman–Crippen LogP) is 1.35. The van der Waals surface area contributed by atoms with Gasteiger partial charge in [0.25, 0.3) is 0 Å². The molecule has 0 saturated heterocycles. The number of rotatable bonds is 7. The second-order valence-corrected chi connectivity index (χ2v) is 6.24. The summed E-state index contributed by atoms with van der Waals surface area (Å²) >= 11 is 0.